The SMILES string of the molecule is Cc1cccc2c1O[C@H]1C[C@@H](C)[C@H](CO[Si](C)(C)C(C)(C)C)[C@@H]21. The molecule has 3 heteroatoms. The third kappa shape index (κ3) is 2.87. The van der Waals surface area contributed by atoms with Gasteiger partial charge in [0.1, 0.15) is 11.9 Å². The highest BCUT2D eigenvalue weighted by molar-refractivity contribution is 6.74. The number of para-hydroxylation sites is 1. The molecule has 0 saturated heterocycles. The number of hydrogen-bond donors (Lipinski definition) is 0. The third-order valence-corrected chi connectivity index (χ3v) is 11.0. The van der Waals surface area contributed by atoms with Crippen molar-refractivity contribution >= 4 is 8.32 Å². The molecule has 1 aliphatic heterocycles. The van der Waals surface area contributed by atoms with Gasteiger partial charge in [-0.25, -0.2) is 0 Å². The Balaban J connectivity index is 1.80. The van der Waals surface area contributed by atoms with E-state index in [4.69, 9.17) is 9.16 Å². The monoisotopic (exact) mass is 332 g/mol. The second kappa shape index (κ2) is 5.63. The molecule has 4 atom stereocenters. The lowest BCUT2D eigenvalue weighted by Crippen LogP contribution is -2.42. The van der Waals surface area contributed by atoms with Gasteiger partial charge < -0.3 is 9.16 Å². The van der Waals surface area contributed by atoms with Gasteiger partial charge in [-0.05, 0) is 48.9 Å². The first-order valence-corrected chi connectivity index (χ1v) is 11.9. The molecule has 23 heavy (non-hydrogen) atoms. The minimum Gasteiger partial charge on any atom is -0.489 e. The Morgan fingerprint density at radius 1 is 1.26 bits per heavy atom. The summed E-state index contributed by atoms with van der Waals surface area (Å²) < 4.78 is 12.9. The van der Waals surface area contributed by atoms with Gasteiger partial charge in [0.25, 0.3) is 0 Å². The second-order valence-corrected chi connectivity index (χ2v) is 13.9. The quantitative estimate of drug-likeness (QED) is 0.679. The lowest BCUT2D eigenvalue weighted by Gasteiger charge is -2.38. The van der Waals surface area contributed by atoms with E-state index in [1.54, 1.807) is 0 Å². The van der Waals surface area contributed by atoms with Crippen LogP contribution in [0.5, 0.6) is 5.75 Å². The van der Waals surface area contributed by atoms with Crippen molar-refractivity contribution in [2.24, 2.45) is 11.8 Å². The average molecular weight is 333 g/mol. The predicted octanol–water partition coefficient (Wildman–Crippen LogP) is 5.52. The van der Waals surface area contributed by atoms with Gasteiger partial charge in [0.15, 0.2) is 8.32 Å². The van der Waals surface area contributed by atoms with Crippen LogP contribution in [0, 0.1) is 18.8 Å². The summed E-state index contributed by atoms with van der Waals surface area (Å²) in [5.41, 5.74) is 2.69. The van der Waals surface area contributed by atoms with Gasteiger partial charge in [-0.1, -0.05) is 45.9 Å². The van der Waals surface area contributed by atoms with Gasteiger partial charge in [0.05, 0.1) is 0 Å². The Kier molecular flexibility index (Phi) is 4.17. The molecule has 0 spiro atoms. The van der Waals surface area contributed by atoms with E-state index in [-0.39, 0.29) is 5.04 Å². The van der Waals surface area contributed by atoms with Crippen molar-refractivity contribution in [1.29, 1.82) is 0 Å². The first-order valence-electron chi connectivity index (χ1n) is 9.02. The Labute approximate surface area is 142 Å². The standard InChI is InChI=1S/C20H32O2Si/c1-13-9-8-10-15-18-16(12-21-23(6,7)20(3,4)5)14(2)11-17(18)22-19(13)15/h8-10,14,16-18H,11-12H2,1-7H3/t14-,16+,17+,18-/m1/s1. The van der Waals surface area contributed by atoms with Crippen molar-refractivity contribution < 1.29 is 9.16 Å². The lowest BCUT2D eigenvalue weighted by atomic mass is 9.85. The topological polar surface area (TPSA) is 18.5 Å². The molecule has 1 saturated carbocycles. The molecule has 0 radical (unpaired) electrons. The average Bonchev–Trinajstić information content (AvgIpc) is 2.92. The Morgan fingerprint density at radius 2 is 1.96 bits per heavy atom. The Morgan fingerprint density at radius 3 is 2.61 bits per heavy atom. The highest BCUT2D eigenvalue weighted by Crippen LogP contribution is 2.53. The summed E-state index contributed by atoms with van der Waals surface area (Å²) >= 11 is 0. The minimum atomic E-state index is -1.69. The summed E-state index contributed by atoms with van der Waals surface area (Å²) in [6, 6.07) is 6.60. The van der Waals surface area contributed by atoms with Crippen LogP contribution in [0.3, 0.4) is 0 Å². The van der Waals surface area contributed by atoms with Gasteiger partial charge >= 0.3 is 0 Å². The van der Waals surface area contributed by atoms with Crippen LogP contribution >= 0.6 is 0 Å². The van der Waals surface area contributed by atoms with Crippen LogP contribution in [-0.2, 0) is 4.43 Å². The van der Waals surface area contributed by atoms with Crippen LogP contribution in [0.25, 0.3) is 0 Å². The zero-order chi connectivity index (χ0) is 17.0. The van der Waals surface area contributed by atoms with Crippen LogP contribution in [-0.4, -0.2) is 21.0 Å². The molecule has 2 nitrogen and oxygen atoms in total. The summed E-state index contributed by atoms with van der Waals surface area (Å²) in [6.07, 6.45) is 1.51. The van der Waals surface area contributed by atoms with Crippen LogP contribution < -0.4 is 4.74 Å². The maximum atomic E-state index is 6.59. The molecular formula is C20H32O2Si. The van der Waals surface area contributed by atoms with Crippen molar-refractivity contribution in [1.82, 2.24) is 0 Å². The number of rotatable bonds is 3. The molecule has 0 N–H and O–H groups in total. The summed E-state index contributed by atoms with van der Waals surface area (Å²) in [6.45, 7) is 17.1. The Hall–Kier alpha value is -0.803. The maximum Gasteiger partial charge on any atom is 0.191 e. The van der Waals surface area contributed by atoms with Crippen molar-refractivity contribution in [3.63, 3.8) is 0 Å². The molecule has 1 aliphatic carbocycles. The van der Waals surface area contributed by atoms with Gasteiger partial charge in [0, 0.05) is 18.1 Å². The van der Waals surface area contributed by atoms with E-state index in [0.717, 1.165) is 18.8 Å². The van der Waals surface area contributed by atoms with Crippen molar-refractivity contribution in [2.75, 3.05) is 6.61 Å². The number of fused-ring (bicyclic) bond motifs is 3. The number of aryl methyl sites for hydroxylation is 1. The van der Waals surface area contributed by atoms with E-state index < -0.39 is 8.32 Å². The second-order valence-electron chi connectivity index (χ2n) is 9.12. The van der Waals surface area contributed by atoms with Crippen LogP contribution in [0.1, 0.15) is 51.2 Å². The van der Waals surface area contributed by atoms with Gasteiger partial charge in [-0.3, -0.25) is 0 Å². The fourth-order valence-corrected chi connectivity index (χ4v) is 4.95. The highest BCUT2D eigenvalue weighted by Gasteiger charge is 2.49. The highest BCUT2D eigenvalue weighted by atomic mass is 28.4. The summed E-state index contributed by atoms with van der Waals surface area (Å²) in [7, 11) is -1.69. The van der Waals surface area contributed by atoms with Crippen molar-refractivity contribution in [3.8, 4) is 5.75 Å². The zero-order valence-electron chi connectivity index (χ0n) is 15.8. The van der Waals surface area contributed by atoms with Crippen LogP contribution in [0.15, 0.2) is 18.2 Å². The lowest BCUT2D eigenvalue weighted by molar-refractivity contribution is 0.180. The van der Waals surface area contributed by atoms with E-state index in [1.165, 1.54) is 11.1 Å². The van der Waals surface area contributed by atoms with E-state index >= 15 is 0 Å². The third-order valence-electron chi connectivity index (χ3n) is 6.51. The first kappa shape index (κ1) is 17.0. The fourth-order valence-electron chi connectivity index (χ4n) is 3.91. The maximum absolute atomic E-state index is 6.59. The number of ether oxygens (including phenoxy) is 1. The fraction of sp³-hybridized carbons (Fsp3) is 0.700. The minimum absolute atomic E-state index is 0.273. The summed E-state index contributed by atoms with van der Waals surface area (Å²) in [5, 5.41) is 0.273. The number of hydrogen-bond acceptors (Lipinski definition) is 2. The molecule has 0 unspecified atom stereocenters. The van der Waals surface area contributed by atoms with Crippen LogP contribution in [0.4, 0.5) is 0 Å². The van der Waals surface area contributed by atoms with Gasteiger partial charge in [-0.2, -0.15) is 0 Å². The van der Waals surface area contributed by atoms with Gasteiger partial charge in [0.2, 0.25) is 0 Å². The molecule has 128 valence electrons. The first-order chi connectivity index (χ1) is 10.6. The summed E-state index contributed by atoms with van der Waals surface area (Å²) in [4.78, 5) is 0. The van der Waals surface area contributed by atoms with Crippen LogP contribution in [0.2, 0.25) is 18.1 Å². The molecule has 0 amide bonds. The Bertz CT molecular complexity index is 588. The molecule has 2 aliphatic rings. The molecule has 0 bridgehead atoms. The molecule has 1 fully saturated rings. The molecule has 1 aromatic rings. The molecule has 0 aromatic heterocycles. The van der Waals surface area contributed by atoms with Crippen molar-refractivity contribution in [3.05, 3.63) is 29.3 Å². The number of benzene rings is 1. The van der Waals surface area contributed by atoms with E-state index in [2.05, 4.69) is 65.9 Å². The normalized spacial score (nSPS) is 30.0. The van der Waals surface area contributed by atoms with Crippen molar-refractivity contribution in [2.45, 2.75) is 71.2 Å². The molecule has 1 aromatic carbocycles. The largest absolute Gasteiger partial charge is 0.489 e. The smallest absolute Gasteiger partial charge is 0.191 e. The van der Waals surface area contributed by atoms with E-state index in [1.807, 2.05) is 0 Å². The molecule has 1 heterocycles. The molecule has 3 rings (SSSR count). The van der Waals surface area contributed by atoms with E-state index in [0.29, 0.717) is 23.9 Å². The van der Waals surface area contributed by atoms with Gasteiger partial charge in [-0.15, -0.1) is 0 Å². The predicted molar refractivity (Wildman–Crippen MR) is 98.8 cm³/mol. The zero-order valence-corrected chi connectivity index (χ0v) is 16.8. The summed E-state index contributed by atoms with van der Waals surface area (Å²) in [5.74, 6) is 2.91. The van der Waals surface area contributed by atoms with E-state index in [9.17, 15) is 0 Å². The molecular weight excluding hydrogens is 300 g/mol.